The predicted octanol–water partition coefficient (Wildman–Crippen LogP) is 2.68. The quantitative estimate of drug-likeness (QED) is 0.370. The van der Waals surface area contributed by atoms with Crippen LogP contribution in [0.1, 0.15) is 18.9 Å². The van der Waals surface area contributed by atoms with Crippen LogP contribution in [0.2, 0.25) is 5.02 Å². The van der Waals surface area contributed by atoms with Gasteiger partial charge in [0, 0.05) is 6.20 Å². The smallest absolute Gasteiger partial charge is 0.331 e. The van der Waals surface area contributed by atoms with Gasteiger partial charge < -0.3 is 10.3 Å². The Hall–Kier alpha value is -3.11. The van der Waals surface area contributed by atoms with E-state index in [1.165, 1.54) is 6.20 Å². The molecule has 3 aromatic rings. The fourth-order valence-electron chi connectivity index (χ4n) is 3.21. The van der Waals surface area contributed by atoms with Gasteiger partial charge in [0.2, 0.25) is 5.91 Å². The lowest BCUT2D eigenvalue weighted by atomic mass is 9.93. The first-order valence-corrected chi connectivity index (χ1v) is 10.8. The van der Waals surface area contributed by atoms with E-state index < -0.39 is 23.4 Å². The maximum atomic E-state index is 12.8. The molecule has 0 saturated carbocycles. The van der Waals surface area contributed by atoms with Crippen LogP contribution >= 0.6 is 23.4 Å². The summed E-state index contributed by atoms with van der Waals surface area (Å²) in [5, 5.41) is 4.37. The first kappa shape index (κ1) is 21.1. The Balaban J connectivity index is 1.33. The number of imidazole rings is 1. The number of aryl methyl sites for hydroxylation is 1. The van der Waals surface area contributed by atoms with Crippen LogP contribution in [0.4, 0.5) is 4.79 Å². The van der Waals surface area contributed by atoms with Crippen LogP contribution < -0.4 is 10.7 Å². The van der Waals surface area contributed by atoms with Gasteiger partial charge in [0.25, 0.3) is 5.91 Å². The van der Waals surface area contributed by atoms with E-state index in [0.717, 1.165) is 22.3 Å². The monoisotopic (exact) mass is 458 g/mol. The number of urea groups is 1. The molecule has 0 unspecified atom stereocenters. The van der Waals surface area contributed by atoms with Gasteiger partial charge in [-0.2, -0.15) is 5.01 Å². The van der Waals surface area contributed by atoms with Crippen molar-refractivity contribution in [1.82, 2.24) is 30.7 Å². The lowest BCUT2D eigenvalue weighted by molar-refractivity contribution is -0.138. The zero-order valence-corrected chi connectivity index (χ0v) is 18.1. The number of hydrazine groups is 1. The van der Waals surface area contributed by atoms with Crippen molar-refractivity contribution in [2.75, 3.05) is 5.75 Å². The van der Waals surface area contributed by atoms with E-state index in [9.17, 15) is 14.4 Å². The first-order chi connectivity index (χ1) is 14.8. The van der Waals surface area contributed by atoms with Gasteiger partial charge >= 0.3 is 6.03 Å². The summed E-state index contributed by atoms with van der Waals surface area (Å²) in [5.41, 5.74) is 3.49. The number of carbonyl (C=O) groups is 3. The van der Waals surface area contributed by atoms with Gasteiger partial charge in [-0.1, -0.05) is 53.7 Å². The Bertz CT molecular complexity index is 1150. The lowest BCUT2D eigenvalue weighted by Crippen LogP contribution is -2.49. The summed E-state index contributed by atoms with van der Waals surface area (Å²) < 4.78 is 0. The number of fused-ring (bicyclic) bond motifs is 1. The predicted molar refractivity (Wildman–Crippen MR) is 116 cm³/mol. The summed E-state index contributed by atoms with van der Waals surface area (Å²) in [5.74, 6) is -1.05. The Morgan fingerprint density at radius 2 is 2.06 bits per heavy atom. The number of nitrogens with one attached hydrogen (secondary N) is 3. The van der Waals surface area contributed by atoms with E-state index in [0.29, 0.717) is 34.2 Å². The molecule has 1 saturated heterocycles. The minimum absolute atomic E-state index is 0.0503. The number of hydrogen-bond donors (Lipinski definition) is 3. The molecule has 1 aliphatic rings. The molecule has 0 bridgehead atoms. The Labute approximate surface area is 186 Å². The zero-order valence-electron chi connectivity index (χ0n) is 16.5. The number of rotatable bonds is 7. The number of hydrogen-bond acceptors (Lipinski definition) is 6. The standard InChI is InChI=1S/C20H19ClN6O3S/c1-20(8-7-12-5-3-2-4-6-12)17(29)27(19(30)25-20)26-15(28)11-31-18-23-14-9-13(21)10-22-16(14)24-18/h2-6,9-10H,7-8,11H2,1H3,(H,25,30)(H,26,28)(H,22,23,24)/t20-/m1/s1. The fraction of sp³-hybridized carbons (Fsp3) is 0.250. The number of nitrogens with zero attached hydrogens (tertiary/aromatic N) is 3. The minimum atomic E-state index is -1.09. The fourth-order valence-corrected chi connectivity index (χ4v) is 4.03. The Morgan fingerprint density at radius 1 is 1.29 bits per heavy atom. The molecule has 2 aromatic heterocycles. The van der Waals surface area contributed by atoms with Crippen molar-refractivity contribution in [3.63, 3.8) is 0 Å². The molecule has 1 aliphatic heterocycles. The highest BCUT2D eigenvalue weighted by Gasteiger charge is 2.48. The second kappa shape index (κ2) is 8.56. The van der Waals surface area contributed by atoms with Crippen molar-refractivity contribution >= 4 is 52.4 Å². The Kier molecular flexibility index (Phi) is 5.84. The molecule has 31 heavy (non-hydrogen) atoms. The summed E-state index contributed by atoms with van der Waals surface area (Å²) in [4.78, 5) is 48.8. The topological polar surface area (TPSA) is 120 Å². The second-order valence-electron chi connectivity index (χ2n) is 7.28. The SMILES string of the molecule is C[C@]1(CCc2ccccc2)NC(=O)N(NC(=O)CSc2nc3ncc(Cl)cc3[nH]2)C1=O. The zero-order chi connectivity index (χ0) is 22.0. The number of aromatic amines is 1. The molecule has 4 rings (SSSR count). The first-order valence-electron chi connectivity index (χ1n) is 9.48. The third-order valence-electron chi connectivity index (χ3n) is 4.88. The van der Waals surface area contributed by atoms with E-state index >= 15 is 0 Å². The summed E-state index contributed by atoms with van der Waals surface area (Å²) >= 11 is 7.02. The van der Waals surface area contributed by atoms with E-state index in [4.69, 9.17) is 11.6 Å². The number of thioether (sulfide) groups is 1. The van der Waals surface area contributed by atoms with E-state index in [1.807, 2.05) is 30.3 Å². The number of benzene rings is 1. The second-order valence-corrected chi connectivity index (χ2v) is 8.68. The molecule has 0 radical (unpaired) electrons. The van der Waals surface area contributed by atoms with Crippen LogP contribution in [0, 0.1) is 0 Å². The molecule has 160 valence electrons. The highest BCUT2D eigenvalue weighted by atomic mass is 35.5. The normalized spacial score (nSPS) is 18.5. The van der Waals surface area contributed by atoms with Gasteiger partial charge in [-0.05, 0) is 31.4 Å². The molecule has 4 amide bonds. The molecule has 3 N–H and O–H groups in total. The van der Waals surface area contributed by atoms with Gasteiger partial charge in [0.1, 0.15) is 5.54 Å². The average Bonchev–Trinajstić information content (AvgIpc) is 3.25. The number of amides is 4. The van der Waals surface area contributed by atoms with E-state index in [2.05, 4.69) is 25.7 Å². The maximum Gasteiger partial charge on any atom is 0.344 e. The van der Waals surface area contributed by atoms with Crippen LogP contribution in [-0.4, -0.2) is 49.1 Å². The largest absolute Gasteiger partial charge is 0.344 e. The molecule has 3 heterocycles. The third-order valence-corrected chi connectivity index (χ3v) is 5.96. The van der Waals surface area contributed by atoms with Gasteiger partial charge in [0.05, 0.1) is 16.3 Å². The van der Waals surface area contributed by atoms with Gasteiger partial charge in [-0.3, -0.25) is 15.0 Å². The van der Waals surface area contributed by atoms with Gasteiger partial charge in [-0.25, -0.2) is 14.8 Å². The van der Waals surface area contributed by atoms with Crippen molar-refractivity contribution in [2.45, 2.75) is 30.5 Å². The molecule has 1 fully saturated rings. The minimum Gasteiger partial charge on any atom is -0.331 e. The number of carbonyl (C=O) groups excluding carboxylic acids is 3. The van der Waals surface area contributed by atoms with Crippen LogP contribution in [-0.2, 0) is 16.0 Å². The molecule has 1 atom stereocenters. The van der Waals surface area contributed by atoms with Crippen LogP contribution in [0.25, 0.3) is 11.2 Å². The third kappa shape index (κ3) is 4.64. The van der Waals surface area contributed by atoms with Crippen LogP contribution in [0.3, 0.4) is 0 Å². The number of halogens is 1. The average molecular weight is 459 g/mol. The van der Waals surface area contributed by atoms with Gasteiger partial charge in [-0.15, -0.1) is 0 Å². The molecular weight excluding hydrogens is 440 g/mol. The molecule has 9 nitrogen and oxygen atoms in total. The van der Waals surface area contributed by atoms with E-state index in [-0.39, 0.29) is 5.75 Å². The number of imide groups is 1. The molecular formula is C20H19ClN6O3S. The Morgan fingerprint density at radius 3 is 2.84 bits per heavy atom. The lowest BCUT2D eigenvalue weighted by Gasteiger charge is -2.21. The van der Waals surface area contributed by atoms with E-state index in [1.54, 1.807) is 13.0 Å². The molecule has 0 aliphatic carbocycles. The summed E-state index contributed by atoms with van der Waals surface area (Å²) in [7, 11) is 0. The number of aromatic nitrogens is 3. The van der Waals surface area contributed by atoms with Crippen molar-refractivity contribution in [3.05, 3.63) is 53.2 Å². The summed E-state index contributed by atoms with van der Waals surface area (Å²) in [6.07, 6.45) is 2.51. The maximum absolute atomic E-state index is 12.8. The van der Waals surface area contributed by atoms with Crippen molar-refractivity contribution in [3.8, 4) is 0 Å². The highest BCUT2D eigenvalue weighted by Crippen LogP contribution is 2.23. The summed E-state index contributed by atoms with van der Waals surface area (Å²) in [6, 6.07) is 10.7. The van der Waals surface area contributed by atoms with Gasteiger partial charge in [0.15, 0.2) is 10.8 Å². The summed E-state index contributed by atoms with van der Waals surface area (Å²) in [6.45, 7) is 1.66. The highest BCUT2D eigenvalue weighted by molar-refractivity contribution is 7.99. The van der Waals surface area contributed by atoms with Crippen LogP contribution in [0.5, 0.6) is 0 Å². The van der Waals surface area contributed by atoms with Crippen LogP contribution in [0.15, 0.2) is 47.8 Å². The van der Waals surface area contributed by atoms with Crippen molar-refractivity contribution in [2.24, 2.45) is 0 Å². The number of pyridine rings is 1. The van der Waals surface area contributed by atoms with Crippen molar-refractivity contribution in [1.29, 1.82) is 0 Å². The molecule has 0 spiro atoms. The number of H-pyrrole nitrogens is 1. The molecule has 1 aromatic carbocycles. The van der Waals surface area contributed by atoms with Crippen molar-refractivity contribution < 1.29 is 14.4 Å². The molecule has 11 heteroatoms.